The Morgan fingerprint density at radius 3 is 2.32 bits per heavy atom. The molecule has 8 nitrogen and oxygen atoms in total. The number of nitrogens with one attached hydrogen (secondary N) is 1. The third-order valence-corrected chi connectivity index (χ3v) is 6.10. The first kappa shape index (κ1) is 25.4. The highest BCUT2D eigenvalue weighted by molar-refractivity contribution is 7.87. The Morgan fingerprint density at radius 2 is 1.65 bits per heavy atom. The van der Waals surface area contributed by atoms with Gasteiger partial charge in [0, 0.05) is 21.2 Å². The summed E-state index contributed by atoms with van der Waals surface area (Å²) in [6.45, 7) is 2.21. The fourth-order valence-corrected chi connectivity index (χ4v) is 4.04. The van der Waals surface area contributed by atoms with Crippen molar-refractivity contribution < 1.29 is 26.9 Å². The van der Waals surface area contributed by atoms with Gasteiger partial charge in [0.15, 0.2) is 17.2 Å². The summed E-state index contributed by atoms with van der Waals surface area (Å²) in [5.74, 6) is 0.364. The molecular formula is C23H20Cl2N2O6S. The molecule has 3 aromatic carbocycles. The molecule has 178 valence electrons. The highest BCUT2D eigenvalue weighted by Crippen LogP contribution is 2.28. The summed E-state index contributed by atoms with van der Waals surface area (Å²) in [5, 5.41) is 4.61. The number of halogens is 2. The first-order valence-corrected chi connectivity index (χ1v) is 12.0. The third kappa shape index (κ3) is 6.40. The topological polar surface area (TPSA) is 103 Å². The van der Waals surface area contributed by atoms with E-state index in [1.807, 2.05) is 6.92 Å². The number of rotatable bonds is 9. The molecule has 0 aromatic heterocycles. The SMILES string of the molecule is CCOc1cc(C(=O)N/N=C/c2cc(Cl)ccc2OS(=O)(=O)c2ccc(Cl)cc2)ccc1OC. The zero-order valence-corrected chi connectivity index (χ0v) is 20.4. The summed E-state index contributed by atoms with van der Waals surface area (Å²) in [4.78, 5) is 12.4. The van der Waals surface area contributed by atoms with Crippen LogP contribution in [-0.2, 0) is 10.1 Å². The van der Waals surface area contributed by atoms with Crippen LogP contribution in [0.2, 0.25) is 10.0 Å². The number of amides is 1. The Morgan fingerprint density at radius 1 is 0.971 bits per heavy atom. The molecule has 0 unspecified atom stereocenters. The highest BCUT2D eigenvalue weighted by atomic mass is 35.5. The quantitative estimate of drug-likeness (QED) is 0.242. The number of benzene rings is 3. The van der Waals surface area contributed by atoms with Crippen molar-refractivity contribution in [2.24, 2.45) is 5.10 Å². The minimum Gasteiger partial charge on any atom is -0.493 e. The van der Waals surface area contributed by atoms with Crippen LogP contribution in [0, 0.1) is 0 Å². The lowest BCUT2D eigenvalue weighted by atomic mass is 10.2. The molecule has 0 aliphatic rings. The molecule has 11 heteroatoms. The molecule has 0 saturated carbocycles. The lowest BCUT2D eigenvalue weighted by Gasteiger charge is -2.11. The van der Waals surface area contributed by atoms with Crippen LogP contribution in [0.1, 0.15) is 22.8 Å². The van der Waals surface area contributed by atoms with Crippen molar-refractivity contribution in [2.45, 2.75) is 11.8 Å². The van der Waals surface area contributed by atoms with Crippen molar-refractivity contribution in [1.82, 2.24) is 5.43 Å². The van der Waals surface area contributed by atoms with Gasteiger partial charge in [-0.2, -0.15) is 13.5 Å². The van der Waals surface area contributed by atoms with Gasteiger partial charge in [0.1, 0.15) is 4.90 Å². The van der Waals surface area contributed by atoms with Crippen LogP contribution in [-0.4, -0.2) is 34.3 Å². The summed E-state index contributed by atoms with van der Waals surface area (Å²) in [7, 11) is -2.64. The van der Waals surface area contributed by atoms with Gasteiger partial charge in [-0.25, -0.2) is 5.43 Å². The highest BCUT2D eigenvalue weighted by Gasteiger charge is 2.18. The maximum absolute atomic E-state index is 12.6. The maximum atomic E-state index is 12.6. The summed E-state index contributed by atoms with van der Waals surface area (Å²) >= 11 is 11.9. The van der Waals surface area contributed by atoms with Crippen molar-refractivity contribution in [3.05, 3.63) is 81.8 Å². The summed E-state index contributed by atoms with van der Waals surface area (Å²) in [6.07, 6.45) is 1.23. The van der Waals surface area contributed by atoms with Gasteiger partial charge in [-0.1, -0.05) is 23.2 Å². The second-order valence-corrected chi connectivity index (χ2v) is 9.09. The van der Waals surface area contributed by atoms with Gasteiger partial charge < -0.3 is 13.7 Å². The van der Waals surface area contributed by atoms with Crippen LogP contribution in [0.5, 0.6) is 17.2 Å². The van der Waals surface area contributed by atoms with Crippen molar-refractivity contribution in [3.8, 4) is 17.2 Å². The lowest BCUT2D eigenvalue weighted by molar-refractivity contribution is 0.0954. The van der Waals surface area contributed by atoms with Gasteiger partial charge in [-0.3, -0.25) is 4.79 Å². The molecule has 0 spiro atoms. The number of hydrazone groups is 1. The first-order valence-electron chi connectivity index (χ1n) is 9.87. The molecule has 0 heterocycles. The van der Waals surface area contributed by atoms with Crippen LogP contribution in [0.15, 0.2) is 70.7 Å². The molecule has 0 aliphatic heterocycles. The van der Waals surface area contributed by atoms with Gasteiger partial charge >= 0.3 is 10.1 Å². The summed E-state index contributed by atoms with van der Waals surface area (Å²) < 4.78 is 41.2. The fourth-order valence-electron chi connectivity index (χ4n) is 2.77. The molecule has 0 fully saturated rings. The number of carbonyl (C=O) groups is 1. The third-order valence-electron chi connectivity index (χ3n) is 4.37. The van der Waals surface area contributed by atoms with Crippen LogP contribution >= 0.6 is 23.2 Å². The number of ether oxygens (including phenoxy) is 2. The van der Waals surface area contributed by atoms with E-state index in [1.165, 1.54) is 61.9 Å². The Hall–Kier alpha value is -3.27. The van der Waals surface area contributed by atoms with Crippen molar-refractivity contribution in [2.75, 3.05) is 13.7 Å². The molecule has 34 heavy (non-hydrogen) atoms. The average molecular weight is 523 g/mol. The summed E-state index contributed by atoms with van der Waals surface area (Å²) in [5.41, 5.74) is 2.89. The molecule has 3 rings (SSSR count). The Balaban J connectivity index is 1.79. The van der Waals surface area contributed by atoms with Gasteiger partial charge in [0.05, 0.1) is 19.9 Å². The standard InChI is InChI=1S/C23H20Cl2N2O6S/c1-3-32-22-13-15(4-10-21(22)31-2)23(28)27-26-14-16-12-18(25)7-11-20(16)33-34(29,30)19-8-5-17(24)6-9-19/h4-14H,3H2,1-2H3,(H,27,28)/b26-14+. The maximum Gasteiger partial charge on any atom is 0.339 e. The van der Waals surface area contributed by atoms with E-state index >= 15 is 0 Å². The van der Waals surface area contributed by atoms with Gasteiger partial charge in [-0.15, -0.1) is 0 Å². The minimum absolute atomic E-state index is 0.0274. The van der Waals surface area contributed by atoms with E-state index < -0.39 is 16.0 Å². The lowest BCUT2D eigenvalue weighted by Crippen LogP contribution is -2.18. The molecule has 1 N–H and O–H groups in total. The van der Waals surface area contributed by atoms with E-state index in [0.717, 1.165) is 0 Å². The molecule has 0 bridgehead atoms. The molecule has 0 atom stereocenters. The van der Waals surface area contributed by atoms with E-state index in [4.69, 9.17) is 36.9 Å². The Labute approximate surface area is 207 Å². The van der Waals surface area contributed by atoms with Crippen molar-refractivity contribution in [1.29, 1.82) is 0 Å². The van der Waals surface area contributed by atoms with Crippen LogP contribution in [0.3, 0.4) is 0 Å². The van der Waals surface area contributed by atoms with Crippen LogP contribution in [0.4, 0.5) is 0 Å². The molecule has 0 saturated heterocycles. The first-order chi connectivity index (χ1) is 16.2. The van der Waals surface area contributed by atoms with Gasteiger partial charge in [0.25, 0.3) is 5.91 Å². The number of carbonyl (C=O) groups excluding carboxylic acids is 1. The number of nitrogens with zero attached hydrogens (tertiary/aromatic N) is 1. The smallest absolute Gasteiger partial charge is 0.339 e. The second-order valence-electron chi connectivity index (χ2n) is 6.67. The van der Waals surface area contributed by atoms with Crippen LogP contribution in [0.25, 0.3) is 0 Å². The van der Waals surface area contributed by atoms with E-state index in [9.17, 15) is 13.2 Å². The van der Waals surface area contributed by atoms with E-state index in [1.54, 1.807) is 12.1 Å². The summed E-state index contributed by atoms with van der Waals surface area (Å²) in [6, 6.07) is 14.5. The fraction of sp³-hybridized carbons (Fsp3) is 0.130. The molecule has 0 radical (unpaired) electrons. The molecular weight excluding hydrogens is 503 g/mol. The van der Waals surface area contributed by atoms with E-state index in [2.05, 4.69) is 10.5 Å². The molecule has 1 amide bonds. The van der Waals surface area contributed by atoms with Gasteiger partial charge in [0.2, 0.25) is 0 Å². The van der Waals surface area contributed by atoms with E-state index in [0.29, 0.717) is 28.2 Å². The zero-order chi connectivity index (χ0) is 24.7. The number of hydrogen-bond acceptors (Lipinski definition) is 7. The van der Waals surface area contributed by atoms with Crippen molar-refractivity contribution in [3.63, 3.8) is 0 Å². The van der Waals surface area contributed by atoms with Gasteiger partial charge in [-0.05, 0) is 67.6 Å². The monoisotopic (exact) mass is 522 g/mol. The minimum atomic E-state index is -4.14. The number of methoxy groups -OCH3 is 1. The Bertz CT molecular complexity index is 1310. The van der Waals surface area contributed by atoms with Crippen LogP contribution < -0.4 is 19.1 Å². The normalized spacial score (nSPS) is 11.3. The molecule has 0 aliphatic carbocycles. The predicted molar refractivity (Wildman–Crippen MR) is 130 cm³/mol. The van der Waals surface area contributed by atoms with E-state index in [-0.39, 0.29) is 21.8 Å². The number of hydrogen-bond donors (Lipinski definition) is 1. The van der Waals surface area contributed by atoms with Crippen molar-refractivity contribution >= 4 is 45.4 Å². The largest absolute Gasteiger partial charge is 0.493 e. The Kier molecular flexibility index (Phi) is 8.38. The second kappa shape index (κ2) is 11.2. The zero-order valence-electron chi connectivity index (χ0n) is 18.1. The molecule has 3 aromatic rings. The average Bonchev–Trinajstić information content (AvgIpc) is 2.81. The predicted octanol–water partition coefficient (Wildman–Crippen LogP) is 4.93.